The van der Waals surface area contributed by atoms with Crippen molar-refractivity contribution in [2.24, 2.45) is 4.99 Å². The van der Waals surface area contributed by atoms with Gasteiger partial charge in [0.25, 0.3) is 5.56 Å². The van der Waals surface area contributed by atoms with E-state index < -0.39 is 12.0 Å². The number of hydrogen-bond acceptors (Lipinski definition) is 5. The predicted molar refractivity (Wildman–Crippen MR) is 126 cm³/mol. The van der Waals surface area contributed by atoms with Crippen LogP contribution in [0.1, 0.15) is 31.0 Å². The first-order chi connectivity index (χ1) is 14.9. The number of halogens is 2. The number of benzene rings is 2. The highest BCUT2D eigenvalue weighted by Gasteiger charge is 2.33. The van der Waals surface area contributed by atoms with Gasteiger partial charge in [-0.15, -0.1) is 0 Å². The number of ether oxygens (including phenoxy) is 1. The molecule has 4 rings (SSSR count). The molecule has 0 radical (unpaired) electrons. The minimum absolute atomic E-state index is 0.233. The summed E-state index contributed by atoms with van der Waals surface area (Å²) in [6, 6.07) is 14.2. The van der Waals surface area contributed by atoms with Crippen molar-refractivity contribution in [1.29, 1.82) is 0 Å². The summed E-state index contributed by atoms with van der Waals surface area (Å²) in [6.45, 7) is 3.75. The van der Waals surface area contributed by atoms with Crippen molar-refractivity contribution in [3.63, 3.8) is 0 Å². The molecule has 0 amide bonds. The minimum Gasteiger partial charge on any atom is -0.463 e. The van der Waals surface area contributed by atoms with Crippen LogP contribution in [-0.4, -0.2) is 17.1 Å². The molecule has 1 aliphatic rings. The molecular formula is C23H18BrClN2O3S. The summed E-state index contributed by atoms with van der Waals surface area (Å²) < 4.78 is 8.20. The van der Waals surface area contributed by atoms with E-state index in [1.165, 1.54) is 11.3 Å². The zero-order valence-electron chi connectivity index (χ0n) is 16.8. The highest BCUT2D eigenvalue weighted by molar-refractivity contribution is 9.10. The van der Waals surface area contributed by atoms with Gasteiger partial charge in [-0.05, 0) is 49.2 Å². The Morgan fingerprint density at radius 1 is 1.29 bits per heavy atom. The monoisotopic (exact) mass is 516 g/mol. The Morgan fingerprint density at radius 3 is 2.77 bits per heavy atom. The van der Waals surface area contributed by atoms with E-state index in [4.69, 9.17) is 16.3 Å². The number of nitrogens with zero attached hydrogens (tertiary/aromatic N) is 2. The molecule has 31 heavy (non-hydrogen) atoms. The van der Waals surface area contributed by atoms with Crippen LogP contribution in [0.5, 0.6) is 0 Å². The fourth-order valence-corrected chi connectivity index (χ4v) is 5.16. The average molecular weight is 518 g/mol. The maximum atomic E-state index is 13.5. The van der Waals surface area contributed by atoms with Gasteiger partial charge in [0.15, 0.2) is 4.80 Å². The quantitative estimate of drug-likeness (QED) is 0.487. The Labute approximate surface area is 196 Å². The van der Waals surface area contributed by atoms with Gasteiger partial charge in [-0.3, -0.25) is 9.36 Å². The second-order valence-electron chi connectivity index (χ2n) is 6.88. The maximum absolute atomic E-state index is 13.5. The van der Waals surface area contributed by atoms with E-state index in [0.717, 1.165) is 15.6 Å². The first-order valence-corrected chi connectivity index (χ1v) is 11.6. The molecule has 0 N–H and O–H groups in total. The molecule has 0 aliphatic carbocycles. The maximum Gasteiger partial charge on any atom is 0.338 e. The molecule has 0 bridgehead atoms. The van der Waals surface area contributed by atoms with E-state index in [9.17, 15) is 9.59 Å². The van der Waals surface area contributed by atoms with Crippen molar-refractivity contribution in [3.8, 4) is 0 Å². The third-order valence-electron chi connectivity index (χ3n) is 4.87. The van der Waals surface area contributed by atoms with Gasteiger partial charge in [0.2, 0.25) is 0 Å². The first kappa shape index (κ1) is 21.7. The van der Waals surface area contributed by atoms with E-state index in [1.54, 1.807) is 30.6 Å². The van der Waals surface area contributed by atoms with Crippen molar-refractivity contribution < 1.29 is 9.53 Å². The zero-order valence-corrected chi connectivity index (χ0v) is 19.9. The lowest BCUT2D eigenvalue weighted by Gasteiger charge is -2.24. The highest BCUT2D eigenvalue weighted by atomic mass is 79.9. The van der Waals surface area contributed by atoms with Crippen LogP contribution < -0.4 is 14.9 Å². The Balaban J connectivity index is 1.99. The van der Waals surface area contributed by atoms with Crippen LogP contribution in [0, 0.1) is 0 Å². The minimum atomic E-state index is -0.638. The van der Waals surface area contributed by atoms with Crippen LogP contribution in [0.4, 0.5) is 0 Å². The number of esters is 1. The molecule has 2 heterocycles. The number of allylic oxidation sites excluding steroid dienone is 1. The number of aromatic nitrogens is 1. The van der Waals surface area contributed by atoms with Crippen molar-refractivity contribution in [1.82, 2.24) is 4.57 Å². The van der Waals surface area contributed by atoms with Crippen LogP contribution in [0.2, 0.25) is 5.02 Å². The van der Waals surface area contributed by atoms with E-state index in [0.29, 0.717) is 25.6 Å². The topological polar surface area (TPSA) is 60.7 Å². The van der Waals surface area contributed by atoms with Gasteiger partial charge in [-0.1, -0.05) is 69.2 Å². The summed E-state index contributed by atoms with van der Waals surface area (Å²) in [5.41, 5.74) is 2.19. The normalized spacial score (nSPS) is 16.1. The lowest BCUT2D eigenvalue weighted by Crippen LogP contribution is -2.39. The fraction of sp³-hybridized carbons (Fsp3) is 0.174. The van der Waals surface area contributed by atoms with Gasteiger partial charge in [-0.25, -0.2) is 9.79 Å². The van der Waals surface area contributed by atoms with Crippen LogP contribution in [0.15, 0.2) is 74.1 Å². The predicted octanol–water partition coefficient (Wildman–Crippen LogP) is 4.21. The lowest BCUT2D eigenvalue weighted by atomic mass is 9.96. The number of carbonyl (C=O) groups is 1. The van der Waals surface area contributed by atoms with E-state index in [2.05, 4.69) is 20.9 Å². The van der Waals surface area contributed by atoms with Gasteiger partial charge in [0, 0.05) is 9.50 Å². The van der Waals surface area contributed by atoms with Crippen molar-refractivity contribution >= 4 is 50.9 Å². The summed E-state index contributed by atoms with van der Waals surface area (Å²) in [7, 11) is 0. The molecule has 1 atom stereocenters. The first-order valence-electron chi connectivity index (χ1n) is 9.60. The average Bonchev–Trinajstić information content (AvgIpc) is 3.03. The molecule has 1 unspecified atom stereocenters. The van der Waals surface area contributed by atoms with Crippen LogP contribution in [0.25, 0.3) is 6.08 Å². The van der Waals surface area contributed by atoms with E-state index in [-0.39, 0.29) is 12.2 Å². The molecule has 8 heteroatoms. The van der Waals surface area contributed by atoms with Crippen LogP contribution >= 0.6 is 38.9 Å². The third kappa shape index (κ3) is 4.18. The van der Waals surface area contributed by atoms with Crippen molar-refractivity contribution in [2.45, 2.75) is 19.9 Å². The summed E-state index contributed by atoms with van der Waals surface area (Å²) in [4.78, 5) is 31.4. The summed E-state index contributed by atoms with van der Waals surface area (Å²) in [5, 5.41) is 0.556. The number of rotatable bonds is 4. The Bertz CT molecular complexity index is 1390. The summed E-state index contributed by atoms with van der Waals surface area (Å²) in [5.74, 6) is -0.478. The van der Waals surface area contributed by atoms with Crippen molar-refractivity contribution in [3.05, 3.63) is 100 Å². The largest absolute Gasteiger partial charge is 0.463 e. The van der Waals surface area contributed by atoms with Gasteiger partial charge < -0.3 is 4.74 Å². The Hall–Kier alpha value is -2.48. The van der Waals surface area contributed by atoms with Gasteiger partial charge in [0.05, 0.1) is 28.5 Å². The molecule has 0 spiro atoms. The van der Waals surface area contributed by atoms with Crippen molar-refractivity contribution in [2.75, 3.05) is 6.61 Å². The van der Waals surface area contributed by atoms with E-state index in [1.807, 2.05) is 42.5 Å². The molecule has 1 aromatic heterocycles. The second-order valence-corrected chi connectivity index (χ2v) is 9.21. The van der Waals surface area contributed by atoms with Gasteiger partial charge >= 0.3 is 5.97 Å². The van der Waals surface area contributed by atoms with E-state index >= 15 is 0 Å². The molecule has 5 nitrogen and oxygen atoms in total. The summed E-state index contributed by atoms with van der Waals surface area (Å²) >= 11 is 11.0. The number of carbonyl (C=O) groups excluding carboxylic acids is 1. The SMILES string of the molecule is CCOC(=O)C1=C(C)N=c2sc(=Cc3ccccc3Cl)c(=O)n2C1c1cccc(Br)c1. The molecule has 1 aliphatic heterocycles. The Kier molecular flexibility index (Phi) is 6.27. The number of thiazole rings is 1. The summed E-state index contributed by atoms with van der Waals surface area (Å²) in [6.07, 6.45) is 1.76. The lowest BCUT2D eigenvalue weighted by molar-refractivity contribution is -0.139. The molecule has 0 saturated carbocycles. The molecule has 0 fully saturated rings. The van der Waals surface area contributed by atoms with Gasteiger partial charge in [-0.2, -0.15) is 0 Å². The zero-order chi connectivity index (χ0) is 22.1. The van der Waals surface area contributed by atoms with Gasteiger partial charge in [0.1, 0.15) is 0 Å². The molecular weight excluding hydrogens is 500 g/mol. The standard InChI is InChI=1S/C23H18BrClN2O3S/c1-3-30-22(29)19-13(2)26-23-27(20(19)15-8-6-9-16(24)11-15)21(28)18(31-23)12-14-7-4-5-10-17(14)25/h4-12,20H,3H2,1-2H3. The molecule has 2 aromatic carbocycles. The number of fused-ring (bicyclic) bond motifs is 1. The third-order valence-corrected chi connectivity index (χ3v) is 6.69. The molecule has 0 saturated heterocycles. The highest BCUT2D eigenvalue weighted by Crippen LogP contribution is 2.31. The second kappa shape index (κ2) is 8.94. The fourth-order valence-electron chi connectivity index (χ4n) is 3.52. The molecule has 3 aromatic rings. The molecule has 158 valence electrons. The Morgan fingerprint density at radius 2 is 2.06 bits per heavy atom. The van der Waals surface area contributed by atoms with Crippen LogP contribution in [0.3, 0.4) is 0 Å². The smallest absolute Gasteiger partial charge is 0.338 e. The number of hydrogen-bond donors (Lipinski definition) is 0. The van der Waals surface area contributed by atoms with Crippen LogP contribution in [-0.2, 0) is 9.53 Å².